The van der Waals surface area contributed by atoms with E-state index in [1.54, 1.807) is 11.8 Å². The third kappa shape index (κ3) is 4.02. The number of nitrogens with one attached hydrogen (secondary N) is 1. The molecule has 6 heteroatoms. The lowest BCUT2D eigenvalue weighted by atomic mass is 10.0. The van der Waals surface area contributed by atoms with Crippen molar-refractivity contribution in [2.75, 3.05) is 12.3 Å². The molecule has 0 atom stereocenters. The van der Waals surface area contributed by atoms with Gasteiger partial charge in [0.25, 0.3) is 11.6 Å². The Bertz CT molecular complexity index is 875. The number of carbonyl (C=O) groups excluding carboxylic acids is 1. The number of benzene rings is 1. The Morgan fingerprint density at radius 1 is 1.28 bits per heavy atom. The summed E-state index contributed by atoms with van der Waals surface area (Å²) >= 11 is 1.72. The fourth-order valence-electron chi connectivity index (χ4n) is 2.53. The molecule has 0 saturated carbocycles. The maximum Gasteiger partial charge on any atom is 0.259 e. The lowest BCUT2D eigenvalue weighted by Crippen LogP contribution is -2.26. The second-order valence-corrected chi connectivity index (χ2v) is 7.28. The van der Waals surface area contributed by atoms with Crippen molar-refractivity contribution in [1.29, 1.82) is 0 Å². The van der Waals surface area contributed by atoms with Gasteiger partial charge >= 0.3 is 0 Å². The normalized spacial score (nSPS) is 11.2. The molecular formula is C19H21N3O2S. The summed E-state index contributed by atoms with van der Waals surface area (Å²) < 4.78 is 5.27. The first-order valence-corrected chi connectivity index (χ1v) is 9.28. The van der Waals surface area contributed by atoms with E-state index in [2.05, 4.69) is 27.6 Å². The third-order valence-corrected chi connectivity index (χ3v) is 4.89. The third-order valence-electron chi connectivity index (χ3n) is 3.87. The molecule has 0 aliphatic carbocycles. The number of nitrogens with zero attached hydrogens (tertiary/aromatic N) is 2. The van der Waals surface area contributed by atoms with Gasteiger partial charge in [-0.2, -0.15) is 0 Å². The Morgan fingerprint density at radius 3 is 2.76 bits per heavy atom. The molecule has 2 heterocycles. The molecule has 0 unspecified atom stereocenters. The Morgan fingerprint density at radius 2 is 2.04 bits per heavy atom. The number of aryl methyl sites for hydroxylation is 1. The topological polar surface area (TPSA) is 68.0 Å². The number of hydrogen-bond acceptors (Lipinski definition) is 5. The number of amides is 1. The number of aromatic nitrogens is 2. The molecule has 25 heavy (non-hydrogen) atoms. The number of thioether (sulfide) groups is 1. The molecule has 0 radical (unpaired) electrons. The summed E-state index contributed by atoms with van der Waals surface area (Å²) in [4.78, 5) is 18.3. The van der Waals surface area contributed by atoms with Gasteiger partial charge in [0, 0.05) is 22.9 Å². The van der Waals surface area contributed by atoms with Crippen LogP contribution < -0.4 is 5.32 Å². The van der Waals surface area contributed by atoms with Crippen molar-refractivity contribution in [2.24, 2.45) is 0 Å². The number of carbonyl (C=O) groups is 1. The monoisotopic (exact) mass is 355 g/mol. The zero-order chi connectivity index (χ0) is 17.8. The van der Waals surface area contributed by atoms with Gasteiger partial charge in [-0.05, 0) is 31.0 Å². The second-order valence-electron chi connectivity index (χ2n) is 6.11. The van der Waals surface area contributed by atoms with Gasteiger partial charge in [0.2, 0.25) is 0 Å². The predicted molar refractivity (Wildman–Crippen MR) is 100 cm³/mol. The summed E-state index contributed by atoms with van der Waals surface area (Å²) in [6, 6.07) is 12.0. The summed E-state index contributed by atoms with van der Waals surface area (Å²) in [7, 11) is 0. The van der Waals surface area contributed by atoms with Gasteiger partial charge in [-0.1, -0.05) is 37.2 Å². The van der Waals surface area contributed by atoms with Crippen LogP contribution in [-0.2, 0) is 0 Å². The van der Waals surface area contributed by atoms with E-state index in [1.165, 1.54) is 4.90 Å². The maximum absolute atomic E-state index is 12.7. The highest BCUT2D eigenvalue weighted by atomic mass is 32.2. The van der Waals surface area contributed by atoms with Gasteiger partial charge in [0.15, 0.2) is 0 Å². The second kappa shape index (κ2) is 7.70. The van der Waals surface area contributed by atoms with Crippen molar-refractivity contribution in [2.45, 2.75) is 31.6 Å². The number of fused-ring (bicyclic) bond motifs is 1. The van der Waals surface area contributed by atoms with Crippen molar-refractivity contribution >= 4 is 28.8 Å². The summed E-state index contributed by atoms with van der Waals surface area (Å²) in [5.41, 5.74) is 2.51. The van der Waals surface area contributed by atoms with E-state index >= 15 is 0 Å². The molecule has 1 N–H and O–H groups in total. The standard InChI is InChI=1S/C19H21N3O2S/c1-12(2)16-11-15(17-13(3)22-24-19(17)21-16)18(23)20-9-10-25-14-7-5-4-6-8-14/h4-8,11-12H,9-10H2,1-3H3,(H,20,23). The van der Waals surface area contributed by atoms with Gasteiger partial charge < -0.3 is 9.84 Å². The van der Waals surface area contributed by atoms with Gasteiger partial charge in [-0.15, -0.1) is 11.8 Å². The van der Waals surface area contributed by atoms with Gasteiger partial charge in [0.05, 0.1) is 16.6 Å². The minimum Gasteiger partial charge on any atom is -0.351 e. The highest BCUT2D eigenvalue weighted by molar-refractivity contribution is 7.99. The molecule has 0 bridgehead atoms. The van der Waals surface area contributed by atoms with Crippen molar-refractivity contribution in [1.82, 2.24) is 15.5 Å². The molecule has 1 amide bonds. The molecule has 3 rings (SSSR count). The van der Waals surface area contributed by atoms with E-state index < -0.39 is 0 Å². The van der Waals surface area contributed by atoms with Crippen molar-refractivity contribution < 1.29 is 9.32 Å². The Balaban J connectivity index is 1.71. The number of rotatable bonds is 6. The van der Waals surface area contributed by atoms with Crippen LogP contribution in [0.2, 0.25) is 0 Å². The van der Waals surface area contributed by atoms with Crippen molar-refractivity contribution in [3.63, 3.8) is 0 Å². The largest absolute Gasteiger partial charge is 0.351 e. The fourth-order valence-corrected chi connectivity index (χ4v) is 3.32. The Labute approximate surface area is 151 Å². The summed E-state index contributed by atoms with van der Waals surface area (Å²) in [6.45, 7) is 6.49. The van der Waals surface area contributed by atoms with Crippen LogP contribution in [-0.4, -0.2) is 28.3 Å². The first kappa shape index (κ1) is 17.5. The zero-order valence-electron chi connectivity index (χ0n) is 14.6. The first-order chi connectivity index (χ1) is 12.1. The summed E-state index contributed by atoms with van der Waals surface area (Å²) in [6.07, 6.45) is 0. The van der Waals surface area contributed by atoms with Gasteiger partial charge in [-0.25, -0.2) is 4.98 Å². The zero-order valence-corrected chi connectivity index (χ0v) is 15.4. The predicted octanol–water partition coefficient (Wildman–Crippen LogP) is 4.18. The molecule has 0 aliphatic heterocycles. The molecular weight excluding hydrogens is 334 g/mol. The molecule has 0 fully saturated rings. The van der Waals surface area contributed by atoms with Crippen LogP contribution >= 0.6 is 11.8 Å². The van der Waals surface area contributed by atoms with Crippen LogP contribution in [0.4, 0.5) is 0 Å². The van der Waals surface area contributed by atoms with Crippen LogP contribution in [0, 0.1) is 6.92 Å². The molecule has 0 aliphatic rings. The summed E-state index contributed by atoms with van der Waals surface area (Å²) in [5, 5.41) is 7.63. The minimum atomic E-state index is -0.116. The van der Waals surface area contributed by atoms with Crippen LogP contribution in [0.25, 0.3) is 11.1 Å². The van der Waals surface area contributed by atoms with Crippen LogP contribution in [0.15, 0.2) is 45.8 Å². The maximum atomic E-state index is 12.7. The van der Waals surface area contributed by atoms with E-state index in [0.29, 0.717) is 28.9 Å². The average Bonchev–Trinajstić information content (AvgIpc) is 3.00. The van der Waals surface area contributed by atoms with E-state index in [9.17, 15) is 4.79 Å². The first-order valence-electron chi connectivity index (χ1n) is 8.29. The van der Waals surface area contributed by atoms with Crippen LogP contribution in [0.1, 0.15) is 41.5 Å². The van der Waals surface area contributed by atoms with Crippen LogP contribution in [0.3, 0.4) is 0 Å². The summed E-state index contributed by atoms with van der Waals surface area (Å²) in [5.74, 6) is 0.896. The van der Waals surface area contributed by atoms with E-state index in [4.69, 9.17) is 4.52 Å². The molecule has 0 spiro atoms. The molecule has 3 aromatic rings. The Kier molecular flexibility index (Phi) is 5.38. The quantitative estimate of drug-likeness (QED) is 0.531. The molecule has 2 aromatic heterocycles. The Hall–Kier alpha value is -2.34. The minimum absolute atomic E-state index is 0.116. The molecule has 1 aromatic carbocycles. The number of pyridine rings is 1. The number of hydrogen-bond donors (Lipinski definition) is 1. The van der Waals surface area contributed by atoms with E-state index in [0.717, 1.165) is 11.4 Å². The average molecular weight is 355 g/mol. The van der Waals surface area contributed by atoms with Gasteiger partial charge in [0.1, 0.15) is 0 Å². The molecule has 5 nitrogen and oxygen atoms in total. The SMILES string of the molecule is Cc1noc2nc(C(C)C)cc(C(=O)NCCSc3ccccc3)c12. The molecule has 0 saturated heterocycles. The smallest absolute Gasteiger partial charge is 0.259 e. The van der Waals surface area contributed by atoms with E-state index in [1.807, 2.05) is 45.0 Å². The lowest BCUT2D eigenvalue weighted by molar-refractivity contribution is 0.0957. The fraction of sp³-hybridized carbons (Fsp3) is 0.316. The van der Waals surface area contributed by atoms with Crippen molar-refractivity contribution in [3.8, 4) is 0 Å². The molecule has 130 valence electrons. The van der Waals surface area contributed by atoms with E-state index in [-0.39, 0.29) is 11.8 Å². The highest BCUT2D eigenvalue weighted by Gasteiger charge is 2.19. The van der Waals surface area contributed by atoms with Crippen LogP contribution in [0.5, 0.6) is 0 Å². The highest BCUT2D eigenvalue weighted by Crippen LogP contribution is 2.25. The van der Waals surface area contributed by atoms with Crippen molar-refractivity contribution in [3.05, 3.63) is 53.3 Å². The van der Waals surface area contributed by atoms with Gasteiger partial charge in [-0.3, -0.25) is 4.79 Å². The lowest BCUT2D eigenvalue weighted by Gasteiger charge is -2.09.